The molecule has 0 aromatic carbocycles. The molecule has 96 valence electrons. The summed E-state index contributed by atoms with van der Waals surface area (Å²) < 4.78 is 0. The van der Waals surface area contributed by atoms with Crippen LogP contribution in [-0.2, 0) is 0 Å². The summed E-state index contributed by atoms with van der Waals surface area (Å²) in [4.78, 5) is 11.2. The maximum atomic E-state index is 4.59. The number of nitrogens with one attached hydrogen (secondary N) is 1. The largest absolute Gasteiger partial charge is 0.357 e. The fourth-order valence-corrected chi connectivity index (χ4v) is 1.76. The summed E-state index contributed by atoms with van der Waals surface area (Å²) in [7, 11) is 0. The standard InChI is InChI=1S/C13H24N4/c1-5-8-9-17(7-3)12-11(4)10-15-13(16-12)14-6-2/h10H,5-9H2,1-4H3,(H,14,15,16). The number of nitrogens with zero attached hydrogens (tertiary/aromatic N) is 3. The quantitative estimate of drug-likeness (QED) is 0.790. The SMILES string of the molecule is CCCCN(CC)c1nc(NCC)ncc1C. The van der Waals surface area contributed by atoms with Crippen LogP contribution in [0.15, 0.2) is 6.20 Å². The highest BCUT2D eigenvalue weighted by Crippen LogP contribution is 2.18. The summed E-state index contributed by atoms with van der Waals surface area (Å²) >= 11 is 0. The van der Waals surface area contributed by atoms with Crippen molar-refractivity contribution in [2.45, 2.75) is 40.5 Å². The van der Waals surface area contributed by atoms with Crippen LogP contribution in [0.1, 0.15) is 39.2 Å². The Morgan fingerprint density at radius 3 is 2.65 bits per heavy atom. The van der Waals surface area contributed by atoms with Crippen molar-refractivity contribution in [1.29, 1.82) is 0 Å². The average molecular weight is 236 g/mol. The Hall–Kier alpha value is -1.32. The number of anilines is 2. The van der Waals surface area contributed by atoms with Crippen molar-refractivity contribution < 1.29 is 0 Å². The molecular weight excluding hydrogens is 212 g/mol. The zero-order valence-electron chi connectivity index (χ0n) is 11.5. The second-order valence-electron chi connectivity index (χ2n) is 4.16. The first-order valence-corrected chi connectivity index (χ1v) is 6.55. The van der Waals surface area contributed by atoms with E-state index in [1.165, 1.54) is 12.8 Å². The minimum atomic E-state index is 0.725. The van der Waals surface area contributed by atoms with Crippen LogP contribution < -0.4 is 10.2 Å². The van der Waals surface area contributed by atoms with Gasteiger partial charge >= 0.3 is 0 Å². The maximum Gasteiger partial charge on any atom is 0.224 e. The Bertz CT molecular complexity index is 338. The third-order valence-corrected chi connectivity index (χ3v) is 2.74. The Kier molecular flexibility index (Phi) is 5.73. The van der Waals surface area contributed by atoms with Gasteiger partial charge in [0.05, 0.1) is 0 Å². The molecule has 0 unspecified atom stereocenters. The van der Waals surface area contributed by atoms with Gasteiger partial charge in [0.25, 0.3) is 0 Å². The fourth-order valence-electron chi connectivity index (χ4n) is 1.76. The van der Waals surface area contributed by atoms with Crippen LogP contribution in [0.25, 0.3) is 0 Å². The van der Waals surface area contributed by atoms with E-state index in [-0.39, 0.29) is 0 Å². The second kappa shape index (κ2) is 7.09. The highest BCUT2D eigenvalue weighted by Gasteiger charge is 2.10. The van der Waals surface area contributed by atoms with E-state index in [1.54, 1.807) is 0 Å². The molecular formula is C13H24N4. The first-order chi connectivity index (χ1) is 8.22. The Morgan fingerprint density at radius 2 is 2.06 bits per heavy atom. The molecule has 1 aromatic heterocycles. The van der Waals surface area contributed by atoms with Gasteiger partial charge < -0.3 is 10.2 Å². The lowest BCUT2D eigenvalue weighted by Gasteiger charge is -2.23. The van der Waals surface area contributed by atoms with Crippen LogP contribution in [0.3, 0.4) is 0 Å². The molecule has 0 saturated carbocycles. The minimum Gasteiger partial charge on any atom is -0.357 e. The summed E-state index contributed by atoms with van der Waals surface area (Å²) in [5.41, 5.74) is 1.14. The molecule has 1 aromatic rings. The number of unbranched alkanes of at least 4 members (excludes halogenated alkanes) is 1. The molecule has 17 heavy (non-hydrogen) atoms. The van der Waals surface area contributed by atoms with Crippen molar-refractivity contribution in [2.24, 2.45) is 0 Å². The Morgan fingerprint density at radius 1 is 1.29 bits per heavy atom. The lowest BCUT2D eigenvalue weighted by Crippen LogP contribution is -2.26. The smallest absolute Gasteiger partial charge is 0.224 e. The van der Waals surface area contributed by atoms with Crippen LogP contribution in [0, 0.1) is 6.92 Å². The van der Waals surface area contributed by atoms with Crippen molar-refractivity contribution in [3.63, 3.8) is 0 Å². The van der Waals surface area contributed by atoms with Crippen LogP contribution in [-0.4, -0.2) is 29.6 Å². The minimum absolute atomic E-state index is 0.725. The molecule has 0 radical (unpaired) electrons. The molecule has 0 aliphatic carbocycles. The molecule has 4 heteroatoms. The molecule has 1 heterocycles. The van der Waals surface area contributed by atoms with E-state index in [9.17, 15) is 0 Å². The summed E-state index contributed by atoms with van der Waals surface area (Å²) in [6, 6.07) is 0. The number of hydrogen-bond acceptors (Lipinski definition) is 4. The zero-order valence-corrected chi connectivity index (χ0v) is 11.5. The molecule has 0 aliphatic rings. The van der Waals surface area contributed by atoms with E-state index in [2.05, 4.69) is 47.9 Å². The van der Waals surface area contributed by atoms with Gasteiger partial charge in [-0.3, -0.25) is 0 Å². The van der Waals surface area contributed by atoms with Gasteiger partial charge in [-0.15, -0.1) is 0 Å². The summed E-state index contributed by atoms with van der Waals surface area (Å²) in [5, 5.41) is 3.16. The first kappa shape index (κ1) is 13.7. The molecule has 0 spiro atoms. The molecule has 1 rings (SSSR count). The van der Waals surface area contributed by atoms with Crippen LogP contribution >= 0.6 is 0 Å². The van der Waals surface area contributed by atoms with E-state index in [0.29, 0.717) is 0 Å². The van der Waals surface area contributed by atoms with Crippen LogP contribution in [0.2, 0.25) is 0 Å². The molecule has 0 bridgehead atoms. The van der Waals surface area contributed by atoms with E-state index in [1.807, 2.05) is 6.20 Å². The van der Waals surface area contributed by atoms with E-state index in [4.69, 9.17) is 0 Å². The Labute approximate surface area is 104 Å². The first-order valence-electron chi connectivity index (χ1n) is 6.55. The van der Waals surface area contributed by atoms with Crippen LogP contribution in [0.4, 0.5) is 11.8 Å². The lowest BCUT2D eigenvalue weighted by molar-refractivity contribution is 0.721. The molecule has 0 aliphatic heterocycles. The lowest BCUT2D eigenvalue weighted by atomic mass is 10.2. The molecule has 0 saturated heterocycles. The predicted octanol–water partition coefficient (Wildman–Crippen LogP) is 2.84. The molecule has 0 fully saturated rings. The monoisotopic (exact) mass is 236 g/mol. The summed E-state index contributed by atoms with van der Waals surface area (Å²) in [6.45, 7) is 11.4. The molecule has 0 amide bonds. The van der Waals surface area contributed by atoms with Gasteiger partial charge in [0, 0.05) is 31.4 Å². The van der Waals surface area contributed by atoms with Gasteiger partial charge in [0.15, 0.2) is 0 Å². The third kappa shape index (κ3) is 3.88. The van der Waals surface area contributed by atoms with Crippen LogP contribution in [0.5, 0.6) is 0 Å². The number of rotatable bonds is 7. The van der Waals surface area contributed by atoms with E-state index < -0.39 is 0 Å². The normalized spacial score (nSPS) is 10.4. The van der Waals surface area contributed by atoms with Crippen molar-refractivity contribution in [1.82, 2.24) is 9.97 Å². The van der Waals surface area contributed by atoms with Gasteiger partial charge in [0.2, 0.25) is 5.95 Å². The molecule has 4 nitrogen and oxygen atoms in total. The molecule has 0 atom stereocenters. The summed E-state index contributed by atoms with van der Waals surface area (Å²) in [5.74, 6) is 1.79. The third-order valence-electron chi connectivity index (χ3n) is 2.74. The van der Waals surface area contributed by atoms with Crippen molar-refractivity contribution in [3.8, 4) is 0 Å². The number of aryl methyl sites for hydroxylation is 1. The number of hydrogen-bond donors (Lipinski definition) is 1. The van der Waals surface area contributed by atoms with Crippen molar-refractivity contribution >= 4 is 11.8 Å². The maximum absolute atomic E-state index is 4.59. The Balaban J connectivity index is 2.87. The second-order valence-corrected chi connectivity index (χ2v) is 4.16. The van der Waals surface area contributed by atoms with E-state index >= 15 is 0 Å². The van der Waals surface area contributed by atoms with Gasteiger partial charge in [0.1, 0.15) is 5.82 Å². The van der Waals surface area contributed by atoms with E-state index in [0.717, 1.165) is 37.0 Å². The molecule has 1 N–H and O–H groups in total. The highest BCUT2D eigenvalue weighted by atomic mass is 15.2. The highest BCUT2D eigenvalue weighted by molar-refractivity contribution is 5.48. The fraction of sp³-hybridized carbons (Fsp3) is 0.692. The number of aromatic nitrogens is 2. The predicted molar refractivity (Wildman–Crippen MR) is 73.7 cm³/mol. The van der Waals surface area contributed by atoms with Gasteiger partial charge in [-0.25, -0.2) is 4.98 Å². The topological polar surface area (TPSA) is 41.1 Å². The van der Waals surface area contributed by atoms with Gasteiger partial charge in [-0.1, -0.05) is 13.3 Å². The van der Waals surface area contributed by atoms with Gasteiger partial charge in [-0.05, 0) is 27.2 Å². The van der Waals surface area contributed by atoms with Gasteiger partial charge in [-0.2, -0.15) is 4.98 Å². The van der Waals surface area contributed by atoms with Crippen molar-refractivity contribution in [3.05, 3.63) is 11.8 Å². The van der Waals surface area contributed by atoms with Crippen molar-refractivity contribution in [2.75, 3.05) is 29.9 Å². The average Bonchev–Trinajstić information content (AvgIpc) is 2.34. The summed E-state index contributed by atoms with van der Waals surface area (Å²) in [6.07, 6.45) is 4.31. The zero-order chi connectivity index (χ0) is 12.7.